The summed E-state index contributed by atoms with van der Waals surface area (Å²) in [5.41, 5.74) is 19.5. The molecule has 10 aromatic carbocycles. The summed E-state index contributed by atoms with van der Waals surface area (Å²) in [6.45, 7) is 42.4. The molecule has 0 bridgehead atoms. The summed E-state index contributed by atoms with van der Waals surface area (Å²) in [6, 6.07) is 66.4. The number of rotatable bonds is 6. The van der Waals surface area contributed by atoms with E-state index in [-0.39, 0.29) is 32.5 Å². The molecule has 0 spiro atoms. The van der Waals surface area contributed by atoms with Crippen molar-refractivity contribution in [3.63, 3.8) is 0 Å². The quantitative estimate of drug-likeness (QED) is 0.151. The van der Waals surface area contributed by atoms with Crippen molar-refractivity contribution in [2.45, 2.75) is 157 Å². The van der Waals surface area contributed by atoms with E-state index in [2.05, 4.69) is 304 Å². The minimum Gasteiger partial charge on any atom is -0.309 e. The minimum atomic E-state index is -0.129. The molecular formula is C76H82N2. The molecule has 0 fully saturated rings. The fraction of sp³-hybridized carbons (Fsp3) is 0.316. The van der Waals surface area contributed by atoms with Gasteiger partial charge in [-0.05, 0) is 141 Å². The Labute approximate surface area is 466 Å². The molecule has 1 aromatic heterocycles. The molecule has 0 aliphatic heterocycles. The highest BCUT2D eigenvalue weighted by Crippen LogP contribution is 2.52. The second-order valence-corrected chi connectivity index (χ2v) is 28.9. The Bertz CT molecular complexity index is 4010. The van der Waals surface area contributed by atoms with Crippen LogP contribution in [0.2, 0.25) is 0 Å². The minimum absolute atomic E-state index is 0.0653. The highest BCUT2D eigenvalue weighted by molar-refractivity contribution is 6.28. The Kier molecular flexibility index (Phi) is 12.3. The first-order chi connectivity index (χ1) is 36.5. The van der Waals surface area contributed by atoms with Crippen LogP contribution in [0.15, 0.2) is 170 Å². The number of anilines is 3. The third-order valence-corrected chi connectivity index (χ3v) is 16.8. The molecule has 0 aliphatic rings. The molecule has 396 valence electrons. The number of hydrogen-bond donors (Lipinski definition) is 0. The molecule has 11 rings (SSSR count). The molecule has 0 saturated carbocycles. The fourth-order valence-corrected chi connectivity index (χ4v) is 11.9. The molecule has 2 heteroatoms. The number of benzene rings is 10. The van der Waals surface area contributed by atoms with Crippen molar-refractivity contribution in [2.24, 2.45) is 0 Å². The predicted octanol–water partition coefficient (Wildman–Crippen LogP) is 22.3. The van der Waals surface area contributed by atoms with Gasteiger partial charge in [0, 0.05) is 32.7 Å². The zero-order valence-corrected chi connectivity index (χ0v) is 50.1. The van der Waals surface area contributed by atoms with Crippen LogP contribution in [0.4, 0.5) is 17.1 Å². The number of aromatic nitrogens is 1. The molecule has 11 aromatic rings. The topological polar surface area (TPSA) is 8.17 Å². The first-order valence-corrected chi connectivity index (χ1v) is 28.6. The highest BCUT2D eigenvalue weighted by atomic mass is 15.1. The SMILES string of the molecule is CC(C)(C)c1cc(-c2cc(C(C)(C)C)ccc2N(c2cc(C(C)(C)C)ccc2-c2cc(C(C)(C)C)cc(C(C)(C)C)c2)c2ccc3ccc4c(-n5c6ccccc6c6ccccc65)ccc5ccc2c3c54)cc(C(C)(C)C)c1. The van der Waals surface area contributed by atoms with E-state index >= 15 is 0 Å². The van der Waals surface area contributed by atoms with Crippen LogP contribution in [-0.4, -0.2) is 4.57 Å². The summed E-state index contributed by atoms with van der Waals surface area (Å²) < 4.78 is 2.49. The molecule has 1 heterocycles. The Hall–Kier alpha value is -7.16. The second kappa shape index (κ2) is 18.2. The van der Waals surface area contributed by atoms with Gasteiger partial charge in [0.1, 0.15) is 0 Å². The molecule has 0 atom stereocenters. The summed E-state index contributed by atoms with van der Waals surface area (Å²) in [6.07, 6.45) is 0. The van der Waals surface area contributed by atoms with Crippen LogP contribution >= 0.6 is 0 Å². The van der Waals surface area contributed by atoms with Gasteiger partial charge in [-0.15, -0.1) is 0 Å². The summed E-state index contributed by atoms with van der Waals surface area (Å²) >= 11 is 0. The van der Waals surface area contributed by atoms with Crippen molar-refractivity contribution < 1.29 is 0 Å². The maximum Gasteiger partial charge on any atom is 0.0543 e. The molecule has 0 N–H and O–H groups in total. The molecular weight excluding hydrogens is 941 g/mol. The summed E-state index contributed by atoms with van der Waals surface area (Å²) in [7, 11) is 0. The molecule has 0 saturated heterocycles. The Balaban J connectivity index is 1.30. The van der Waals surface area contributed by atoms with Crippen molar-refractivity contribution in [3.05, 3.63) is 203 Å². The molecule has 0 radical (unpaired) electrons. The van der Waals surface area contributed by atoms with E-state index in [0.717, 1.165) is 11.4 Å². The van der Waals surface area contributed by atoms with E-state index in [4.69, 9.17) is 0 Å². The van der Waals surface area contributed by atoms with Gasteiger partial charge >= 0.3 is 0 Å². The van der Waals surface area contributed by atoms with Gasteiger partial charge in [0.2, 0.25) is 0 Å². The van der Waals surface area contributed by atoms with Crippen molar-refractivity contribution in [1.82, 2.24) is 4.57 Å². The van der Waals surface area contributed by atoms with Crippen LogP contribution in [0.25, 0.3) is 82.1 Å². The lowest BCUT2D eigenvalue weighted by molar-refractivity contribution is 0.568. The average molecular weight is 1020 g/mol. The van der Waals surface area contributed by atoms with Crippen LogP contribution in [0.5, 0.6) is 0 Å². The smallest absolute Gasteiger partial charge is 0.0543 e. The van der Waals surface area contributed by atoms with Gasteiger partial charge in [-0.25, -0.2) is 0 Å². The van der Waals surface area contributed by atoms with Crippen molar-refractivity contribution in [2.75, 3.05) is 4.90 Å². The van der Waals surface area contributed by atoms with Gasteiger partial charge in [0.15, 0.2) is 0 Å². The van der Waals surface area contributed by atoms with Gasteiger partial charge < -0.3 is 9.47 Å². The number of fused-ring (bicyclic) bond motifs is 3. The van der Waals surface area contributed by atoms with E-state index in [0.29, 0.717) is 0 Å². The molecule has 0 amide bonds. The number of hydrogen-bond acceptors (Lipinski definition) is 1. The van der Waals surface area contributed by atoms with Crippen LogP contribution in [0.1, 0.15) is 158 Å². The number of para-hydroxylation sites is 2. The van der Waals surface area contributed by atoms with Gasteiger partial charge in [-0.1, -0.05) is 252 Å². The third kappa shape index (κ3) is 9.27. The Morgan fingerprint density at radius 1 is 0.282 bits per heavy atom. The summed E-state index contributed by atoms with van der Waals surface area (Å²) in [4.78, 5) is 2.67. The zero-order valence-electron chi connectivity index (χ0n) is 50.1. The van der Waals surface area contributed by atoms with Crippen LogP contribution in [0.3, 0.4) is 0 Å². The second-order valence-electron chi connectivity index (χ2n) is 28.9. The maximum absolute atomic E-state index is 2.67. The van der Waals surface area contributed by atoms with E-state index < -0.39 is 0 Å². The van der Waals surface area contributed by atoms with Crippen LogP contribution in [0, 0.1) is 0 Å². The van der Waals surface area contributed by atoms with E-state index in [1.54, 1.807) is 0 Å². The fourth-order valence-electron chi connectivity index (χ4n) is 11.9. The summed E-state index contributed by atoms with van der Waals surface area (Å²) in [5, 5.41) is 10.1. The molecule has 0 aliphatic carbocycles. The third-order valence-electron chi connectivity index (χ3n) is 16.8. The monoisotopic (exact) mass is 1020 g/mol. The van der Waals surface area contributed by atoms with Crippen molar-refractivity contribution in [1.29, 1.82) is 0 Å². The lowest BCUT2D eigenvalue weighted by atomic mass is 9.77. The largest absolute Gasteiger partial charge is 0.309 e. The van der Waals surface area contributed by atoms with Crippen LogP contribution < -0.4 is 4.90 Å². The van der Waals surface area contributed by atoms with Crippen molar-refractivity contribution in [3.8, 4) is 27.9 Å². The highest BCUT2D eigenvalue weighted by Gasteiger charge is 2.31. The van der Waals surface area contributed by atoms with Gasteiger partial charge in [0.25, 0.3) is 0 Å². The van der Waals surface area contributed by atoms with Gasteiger partial charge in [-0.3, -0.25) is 0 Å². The van der Waals surface area contributed by atoms with Crippen LogP contribution in [-0.2, 0) is 32.5 Å². The van der Waals surface area contributed by atoms with E-state index in [1.165, 1.54) is 121 Å². The molecule has 0 unspecified atom stereocenters. The molecule has 78 heavy (non-hydrogen) atoms. The van der Waals surface area contributed by atoms with Gasteiger partial charge in [0.05, 0.1) is 33.8 Å². The first kappa shape index (κ1) is 52.9. The maximum atomic E-state index is 2.67. The first-order valence-electron chi connectivity index (χ1n) is 28.6. The molecule has 2 nitrogen and oxygen atoms in total. The Morgan fingerprint density at radius 3 is 1.18 bits per heavy atom. The lowest BCUT2D eigenvalue weighted by Gasteiger charge is -2.35. The average Bonchev–Trinajstić information content (AvgIpc) is 3.82. The van der Waals surface area contributed by atoms with E-state index in [1.807, 2.05) is 0 Å². The number of nitrogens with zero attached hydrogens (tertiary/aromatic N) is 2. The van der Waals surface area contributed by atoms with Gasteiger partial charge in [-0.2, -0.15) is 0 Å². The standard InChI is InChI=1S/C76H82N2/c1-71(2,3)51-32-38-67(62(45-51)50-41-55(75(13,14)15)44-56(42-50)76(16,17)18)78(68-46-52(72(4,5)6)31-35-57(68)49-39-53(73(7,8)9)43-54(40-49)74(10,11)12)66-37-30-48-27-33-60-65(36-29-47-28-34-61(66)70(48)69(47)60)77-63-25-21-19-23-58(63)59-24-20-22-26-64(59)77/h19-46H,1-18H3. The predicted molar refractivity (Wildman–Crippen MR) is 342 cm³/mol. The Morgan fingerprint density at radius 2 is 0.679 bits per heavy atom. The lowest BCUT2D eigenvalue weighted by Crippen LogP contribution is -2.19. The summed E-state index contributed by atoms with van der Waals surface area (Å²) in [5.74, 6) is 0. The van der Waals surface area contributed by atoms with E-state index in [9.17, 15) is 0 Å². The normalized spacial score (nSPS) is 13.3. The van der Waals surface area contributed by atoms with Crippen molar-refractivity contribution >= 4 is 71.2 Å². The zero-order chi connectivity index (χ0) is 55.8.